The molecule has 1 aliphatic rings. The van der Waals surface area contributed by atoms with Crippen molar-refractivity contribution in [1.82, 2.24) is 10.3 Å². The third kappa shape index (κ3) is 3.85. The Balaban J connectivity index is 2.17. The van der Waals surface area contributed by atoms with Crippen LogP contribution in [0.25, 0.3) is 0 Å². The van der Waals surface area contributed by atoms with Crippen LogP contribution in [0.5, 0.6) is 11.8 Å². The monoisotopic (exact) mass is 342 g/mol. The molecule has 0 radical (unpaired) electrons. The molecule has 112 valence electrons. The van der Waals surface area contributed by atoms with Gasteiger partial charge in [-0.25, -0.2) is 0 Å². The normalized spacial score (nSPS) is 21.5. The minimum absolute atomic E-state index is 0.0533. The first-order chi connectivity index (χ1) is 9.21. The van der Waals surface area contributed by atoms with Gasteiger partial charge in [-0.2, -0.15) is 4.98 Å². The molecule has 0 bridgehead atoms. The number of halogens is 1. The first kappa shape index (κ1) is 15.6. The van der Waals surface area contributed by atoms with Crippen LogP contribution in [0.3, 0.4) is 0 Å². The van der Waals surface area contributed by atoms with Crippen LogP contribution in [0.15, 0.2) is 16.6 Å². The highest BCUT2D eigenvalue weighted by molar-refractivity contribution is 9.10. The summed E-state index contributed by atoms with van der Waals surface area (Å²) in [7, 11) is 1.61. The lowest BCUT2D eigenvalue weighted by atomic mass is 9.81. The predicted octanol–water partition coefficient (Wildman–Crippen LogP) is 3.54. The van der Waals surface area contributed by atoms with Crippen LogP contribution in [-0.2, 0) is 0 Å². The Morgan fingerprint density at radius 1 is 1.20 bits per heavy atom. The van der Waals surface area contributed by atoms with Crippen LogP contribution in [-0.4, -0.2) is 29.3 Å². The number of methoxy groups -OCH3 is 1. The predicted molar refractivity (Wildman–Crippen MR) is 83.4 cm³/mol. The molecule has 1 saturated heterocycles. The van der Waals surface area contributed by atoms with E-state index in [1.807, 2.05) is 12.1 Å². The van der Waals surface area contributed by atoms with Gasteiger partial charge in [-0.05, 0) is 49.7 Å². The SMILES string of the molecule is COc1ccc(Br)c(OC2CC(C)(C)NC(C)(C)C2)n1. The van der Waals surface area contributed by atoms with Gasteiger partial charge in [0, 0.05) is 30.0 Å². The number of nitrogens with one attached hydrogen (secondary N) is 1. The lowest BCUT2D eigenvalue weighted by molar-refractivity contribution is 0.0521. The molecule has 1 aromatic rings. The maximum Gasteiger partial charge on any atom is 0.231 e. The van der Waals surface area contributed by atoms with Crippen molar-refractivity contribution in [2.45, 2.75) is 57.7 Å². The van der Waals surface area contributed by atoms with Crippen molar-refractivity contribution < 1.29 is 9.47 Å². The molecule has 0 spiro atoms. The summed E-state index contributed by atoms with van der Waals surface area (Å²) in [5.74, 6) is 1.17. The van der Waals surface area contributed by atoms with E-state index in [2.05, 4.69) is 53.9 Å². The van der Waals surface area contributed by atoms with E-state index >= 15 is 0 Å². The summed E-state index contributed by atoms with van der Waals surface area (Å²) in [6.07, 6.45) is 2.03. The molecule has 20 heavy (non-hydrogen) atoms. The number of hydrogen-bond donors (Lipinski definition) is 1. The lowest BCUT2D eigenvalue weighted by Gasteiger charge is -2.46. The third-order valence-corrected chi connectivity index (χ3v) is 4.03. The van der Waals surface area contributed by atoms with Crippen molar-refractivity contribution in [2.24, 2.45) is 0 Å². The Labute approximate surface area is 129 Å². The molecule has 0 aromatic carbocycles. The molecular formula is C15H23BrN2O2. The number of ether oxygens (including phenoxy) is 2. The van der Waals surface area contributed by atoms with E-state index in [1.54, 1.807) is 7.11 Å². The second-order valence-corrected chi connectivity index (χ2v) is 7.54. The molecule has 0 unspecified atom stereocenters. The van der Waals surface area contributed by atoms with Gasteiger partial charge in [0.25, 0.3) is 0 Å². The lowest BCUT2D eigenvalue weighted by Crippen LogP contribution is -2.60. The molecule has 5 heteroatoms. The quantitative estimate of drug-likeness (QED) is 0.912. The maximum absolute atomic E-state index is 6.12. The highest BCUT2D eigenvalue weighted by Crippen LogP contribution is 2.33. The summed E-state index contributed by atoms with van der Waals surface area (Å²) in [5.41, 5.74) is 0.107. The van der Waals surface area contributed by atoms with Crippen LogP contribution in [0.4, 0.5) is 0 Å². The van der Waals surface area contributed by atoms with Crippen molar-refractivity contribution in [3.63, 3.8) is 0 Å². The zero-order valence-corrected chi connectivity index (χ0v) is 14.4. The molecule has 0 saturated carbocycles. The molecule has 1 N–H and O–H groups in total. The first-order valence-corrected chi connectivity index (χ1v) is 7.67. The number of pyridine rings is 1. The Morgan fingerprint density at radius 3 is 2.35 bits per heavy atom. The maximum atomic E-state index is 6.12. The molecular weight excluding hydrogens is 320 g/mol. The highest BCUT2D eigenvalue weighted by atomic mass is 79.9. The minimum Gasteiger partial charge on any atom is -0.481 e. The molecule has 1 aromatic heterocycles. The fraction of sp³-hybridized carbons (Fsp3) is 0.667. The number of piperidine rings is 1. The molecule has 1 aliphatic heterocycles. The fourth-order valence-corrected chi connectivity index (χ4v) is 3.39. The average molecular weight is 343 g/mol. The van der Waals surface area contributed by atoms with E-state index in [-0.39, 0.29) is 17.2 Å². The van der Waals surface area contributed by atoms with E-state index in [0.29, 0.717) is 11.8 Å². The van der Waals surface area contributed by atoms with E-state index in [4.69, 9.17) is 9.47 Å². The summed E-state index contributed by atoms with van der Waals surface area (Å²) in [6.45, 7) is 8.83. The Bertz CT molecular complexity index is 473. The Hall–Kier alpha value is -0.810. The van der Waals surface area contributed by atoms with Crippen LogP contribution < -0.4 is 14.8 Å². The Kier molecular flexibility index (Phi) is 4.30. The zero-order valence-electron chi connectivity index (χ0n) is 12.8. The molecule has 0 aliphatic carbocycles. The van der Waals surface area contributed by atoms with Crippen LogP contribution in [0.1, 0.15) is 40.5 Å². The standard InChI is InChI=1S/C15H23BrN2O2/c1-14(2)8-10(9-15(3,4)18-14)20-13-11(16)6-7-12(17-13)19-5/h6-7,10,18H,8-9H2,1-5H3. The fourth-order valence-electron chi connectivity index (χ4n) is 3.07. The number of rotatable bonds is 3. The van der Waals surface area contributed by atoms with Crippen molar-refractivity contribution >= 4 is 15.9 Å². The summed E-state index contributed by atoms with van der Waals surface area (Å²) in [6, 6.07) is 3.71. The van der Waals surface area contributed by atoms with Crippen molar-refractivity contribution in [1.29, 1.82) is 0 Å². The molecule has 2 rings (SSSR count). The topological polar surface area (TPSA) is 43.4 Å². The summed E-state index contributed by atoms with van der Waals surface area (Å²) >= 11 is 3.48. The summed E-state index contributed by atoms with van der Waals surface area (Å²) in [5, 5.41) is 3.65. The van der Waals surface area contributed by atoms with E-state index in [9.17, 15) is 0 Å². The van der Waals surface area contributed by atoms with E-state index in [0.717, 1.165) is 17.3 Å². The van der Waals surface area contributed by atoms with Gasteiger partial charge in [0.1, 0.15) is 6.10 Å². The smallest absolute Gasteiger partial charge is 0.231 e. The van der Waals surface area contributed by atoms with Gasteiger partial charge in [-0.3, -0.25) is 0 Å². The molecule has 2 heterocycles. The van der Waals surface area contributed by atoms with Crippen molar-refractivity contribution in [3.05, 3.63) is 16.6 Å². The minimum atomic E-state index is 0.0533. The van der Waals surface area contributed by atoms with Gasteiger partial charge in [0.05, 0.1) is 11.6 Å². The van der Waals surface area contributed by atoms with Gasteiger partial charge < -0.3 is 14.8 Å². The van der Waals surface area contributed by atoms with Gasteiger partial charge in [0.2, 0.25) is 11.8 Å². The van der Waals surface area contributed by atoms with Crippen LogP contribution in [0.2, 0.25) is 0 Å². The zero-order chi connectivity index (χ0) is 15.0. The number of hydrogen-bond acceptors (Lipinski definition) is 4. The summed E-state index contributed by atoms with van der Waals surface area (Å²) in [4.78, 5) is 4.37. The van der Waals surface area contributed by atoms with Crippen LogP contribution >= 0.6 is 15.9 Å². The number of aromatic nitrogens is 1. The summed E-state index contributed by atoms with van der Waals surface area (Å²) < 4.78 is 12.1. The first-order valence-electron chi connectivity index (χ1n) is 6.87. The largest absolute Gasteiger partial charge is 0.481 e. The molecule has 0 amide bonds. The van der Waals surface area contributed by atoms with Crippen molar-refractivity contribution in [2.75, 3.05) is 7.11 Å². The van der Waals surface area contributed by atoms with Gasteiger partial charge in [-0.15, -0.1) is 0 Å². The third-order valence-electron chi connectivity index (χ3n) is 3.43. The average Bonchev–Trinajstić information content (AvgIpc) is 2.28. The highest BCUT2D eigenvalue weighted by Gasteiger charge is 2.39. The van der Waals surface area contributed by atoms with Crippen molar-refractivity contribution in [3.8, 4) is 11.8 Å². The van der Waals surface area contributed by atoms with Gasteiger partial charge in [-0.1, -0.05) is 0 Å². The second kappa shape index (κ2) is 5.53. The van der Waals surface area contributed by atoms with Gasteiger partial charge >= 0.3 is 0 Å². The molecule has 4 nitrogen and oxygen atoms in total. The Morgan fingerprint density at radius 2 is 1.80 bits per heavy atom. The second-order valence-electron chi connectivity index (χ2n) is 6.68. The van der Waals surface area contributed by atoms with E-state index in [1.165, 1.54) is 0 Å². The molecule has 1 fully saturated rings. The molecule has 0 atom stereocenters. The van der Waals surface area contributed by atoms with E-state index < -0.39 is 0 Å². The number of nitrogens with zero attached hydrogens (tertiary/aromatic N) is 1. The van der Waals surface area contributed by atoms with Gasteiger partial charge in [0.15, 0.2) is 0 Å². The van der Waals surface area contributed by atoms with Crippen LogP contribution in [0, 0.1) is 0 Å².